The molecule has 0 bridgehead atoms. The Labute approximate surface area is 123 Å². The monoisotopic (exact) mass is 289 g/mol. The molecule has 1 aromatic heterocycles. The van der Waals surface area contributed by atoms with Gasteiger partial charge in [-0.1, -0.05) is 0 Å². The summed E-state index contributed by atoms with van der Waals surface area (Å²) < 4.78 is 10.7. The number of nitrogen functional groups attached to an aromatic ring is 1. The van der Waals surface area contributed by atoms with Crippen molar-refractivity contribution in [2.45, 2.75) is 13.5 Å². The van der Waals surface area contributed by atoms with Crippen LogP contribution in [0.3, 0.4) is 0 Å². The summed E-state index contributed by atoms with van der Waals surface area (Å²) in [6.07, 6.45) is 0. The number of nitrogens with one attached hydrogen (secondary N) is 1. The molecular formula is C15H19N3O3. The molecule has 1 aromatic carbocycles. The second-order valence-corrected chi connectivity index (χ2v) is 4.75. The van der Waals surface area contributed by atoms with Crippen molar-refractivity contribution >= 4 is 11.6 Å². The average molecular weight is 289 g/mol. The summed E-state index contributed by atoms with van der Waals surface area (Å²) in [5, 5.41) is 0. The van der Waals surface area contributed by atoms with Gasteiger partial charge in [0.1, 0.15) is 11.5 Å². The van der Waals surface area contributed by atoms with E-state index in [0.29, 0.717) is 12.3 Å². The molecular weight excluding hydrogens is 270 g/mol. The first-order valence-electron chi connectivity index (χ1n) is 6.50. The Kier molecular flexibility index (Phi) is 4.49. The van der Waals surface area contributed by atoms with Crippen LogP contribution in [0.2, 0.25) is 0 Å². The van der Waals surface area contributed by atoms with Gasteiger partial charge in [0.25, 0.3) is 0 Å². The third-order valence-corrected chi connectivity index (χ3v) is 3.21. The third kappa shape index (κ3) is 3.35. The predicted molar refractivity (Wildman–Crippen MR) is 80.2 cm³/mol. The molecule has 0 saturated heterocycles. The average Bonchev–Trinajstić information content (AvgIpc) is 2.87. The minimum Gasteiger partial charge on any atom is -0.497 e. The Balaban J connectivity index is 2.11. The number of hydrogen-bond acceptors (Lipinski definition) is 5. The highest BCUT2D eigenvalue weighted by atomic mass is 16.5. The molecule has 1 heterocycles. The van der Waals surface area contributed by atoms with Gasteiger partial charge in [-0.15, -0.1) is 0 Å². The predicted octanol–water partition coefficient (Wildman–Crippen LogP) is 1.84. The highest BCUT2D eigenvalue weighted by Crippen LogP contribution is 2.21. The van der Waals surface area contributed by atoms with Crippen molar-refractivity contribution < 1.29 is 13.9 Å². The molecule has 1 amide bonds. The summed E-state index contributed by atoms with van der Waals surface area (Å²) in [7, 11) is 3.58. The molecule has 0 fully saturated rings. The number of amides is 1. The Hall–Kier alpha value is -2.47. The first-order valence-corrected chi connectivity index (χ1v) is 6.50. The lowest BCUT2D eigenvalue weighted by molar-refractivity contribution is 0.0923. The van der Waals surface area contributed by atoms with E-state index in [1.54, 1.807) is 7.11 Å². The molecule has 2 rings (SSSR count). The maximum absolute atomic E-state index is 11.5. The molecule has 0 atom stereocenters. The third-order valence-electron chi connectivity index (χ3n) is 3.21. The smallest absolute Gasteiger partial charge is 0.301 e. The number of hydrogen-bond donors (Lipinski definition) is 2. The molecule has 6 nitrogen and oxygen atoms in total. The van der Waals surface area contributed by atoms with Crippen LogP contribution >= 0.6 is 0 Å². The zero-order chi connectivity index (χ0) is 15.4. The summed E-state index contributed by atoms with van der Waals surface area (Å²) in [5.41, 5.74) is 3.86. The van der Waals surface area contributed by atoms with Gasteiger partial charge in [0.2, 0.25) is 0 Å². The van der Waals surface area contributed by atoms with Gasteiger partial charge < -0.3 is 14.1 Å². The van der Waals surface area contributed by atoms with E-state index in [1.165, 1.54) is 0 Å². The molecule has 112 valence electrons. The second kappa shape index (κ2) is 6.32. The zero-order valence-corrected chi connectivity index (χ0v) is 12.3. The van der Waals surface area contributed by atoms with Gasteiger partial charge in [0.15, 0.2) is 5.76 Å². The van der Waals surface area contributed by atoms with Crippen LogP contribution < -0.4 is 20.9 Å². The van der Waals surface area contributed by atoms with Gasteiger partial charge >= 0.3 is 5.91 Å². The number of rotatable bonds is 5. The molecule has 2 aromatic rings. The zero-order valence-electron chi connectivity index (χ0n) is 12.3. The first-order chi connectivity index (χ1) is 10.0. The first kappa shape index (κ1) is 14.9. The number of anilines is 1. The number of benzene rings is 1. The summed E-state index contributed by atoms with van der Waals surface area (Å²) in [4.78, 5) is 13.5. The Morgan fingerprint density at radius 1 is 1.38 bits per heavy atom. The molecule has 0 aliphatic heterocycles. The van der Waals surface area contributed by atoms with Crippen molar-refractivity contribution in [3.05, 3.63) is 47.4 Å². The minimum atomic E-state index is -0.425. The normalized spacial score (nSPS) is 10.3. The van der Waals surface area contributed by atoms with E-state index in [-0.39, 0.29) is 5.76 Å². The number of carbonyl (C=O) groups is 1. The van der Waals surface area contributed by atoms with Crippen LogP contribution in [0.15, 0.2) is 34.7 Å². The lowest BCUT2D eigenvalue weighted by Crippen LogP contribution is -2.30. The largest absolute Gasteiger partial charge is 0.497 e. The Morgan fingerprint density at radius 3 is 2.62 bits per heavy atom. The highest BCUT2D eigenvalue weighted by molar-refractivity contribution is 5.92. The topological polar surface area (TPSA) is 80.7 Å². The van der Waals surface area contributed by atoms with Crippen LogP contribution in [0, 0.1) is 6.92 Å². The van der Waals surface area contributed by atoms with Gasteiger partial charge in [0, 0.05) is 18.3 Å². The maximum atomic E-state index is 11.5. The summed E-state index contributed by atoms with van der Waals surface area (Å²) in [6, 6.07) is 9.55. The molecule has 0 spiro atoms. The van der Waals surface area contributed by atoms with Gasteiger partial charge in [-0.3, -0.25) is 10.2 Å². The quantitative estimate of drug-likeness (QED) is 0.498. The van der Waals surface area contributed by atoms with E-state index in [9.17, 15) is 4.79 Å². The number of nitrogens with two attached hydrogens (primary N) is 1. The number of ether oxygens (including phenoxy) is 1. The minimum absolute atomic E-state index is 0.246. The van der Waals surface area contributed by atoms with Crippen molar-refractivity contribution in [3.63, 3.8) is 0 Å². The molecule has 3 N–H and O–H groups in total. The van der Waals surface area contributed by atoms with Crippen molar-refractivity contribution in [2.75, 3.05) is 19.1 Å². The van der Waals surface area contributed by atoms with Crippen LogP contribution in [0.1, 0.15) is 21.9 Å². The number of aryl methyl sites for hydroxylation is 1. The van der Waals surface area contributed by atoms with Gasteiger partial charge in [-0.25, -0.2) is 5.84 Å². The van der Waals surface area contributed by atoms with Crippen LogP contribution in [0.25, 0.3) is 0 Å². The van der Waals surface area contributed by atoms with Crippen molar-refractivity contribution in [3.8, 4) is 5.75 Å². The molecule has 21 heavy (non-hydrogen) atoms. The van der Waals surface area contributed by atoms with Gasteiger partial charge in [0.05, 0.1) is 13.7 Å². The number of hydrazine groups is 1. The summed E-state index contributed by atoms with van der Waals surface area (Å²) >= 11 is 0. The molecule has 0 unspecified atom stereocenters. The highest BCUT2D eigenvalue weighted by Gasteiger charge is 2.15. The lowest BCUT2D eigenvalue weighted by atomic mass is 10.2. The van der Waals surface area contributed by atoms with E-state index in [0.717, 1.165) is 17.0 Å². The molecule has 6 heteroatoms. The molecule has 0 saturated carbocycles. The molecule has 0 radical (unpaired) electrons. The van der Waals surface area contributed by atoms with Gasteiger partial charge in [-0.05, 0) is 37.3 Å². The van der Waals surface area contributed by atoms with E-state index in [1.807, 2.05) is 49.2 Å². The standard InChI is InChI=1S/C15H19N3O3/c1-10-8-13(21-14(10)15(19)17-16)9-18(2)11-4-6-12(20-3)7-5-11/h4-8H,9,16H2,1-3H3,(H,17,19). The van der Waals surface area contributed by atoms with Crippen LogP contribution in [0.5, 0.6) is 5.75 Å². The van der Waals surface area contributed by atoms with Crippen molar-refractivity contribution in [1.82, 2.24) is 5.43 Å². The summed E-state index contributed by atoms with van der Waals surface area (Å²) in [5.74, 6) is 6.45. The Morgan fingerprint density at radius 2 is 2.05 bits per heavy atom. The molecule has 0 aliphatic carbocycles. The maximum Gasteiger partial charge on any atom is 0.301 e. The number of carbonyl (C=O) groups excluding carboxylic acids is 1. The van der Waals surface area contributed by atoms with E-state index >= 15 is 0 Å². The van der Waals surface area contributed by atoms with E-state index in [2.05, 4.69) is 5.43 Å². The van der Waals surface area contributed by atoms with Crippen LogP contribution in [-0.4, -0.2) is 20.1 Å². The fourth-order valence-electron chi connectivity index (χ4n) is 2.08. The lowest BCUT2D eigenvalue weighted by Gasteiger charge is -2.18. The fourth-order valence-corrected chi connectivity index (χ4v) is 2.08. The van der Waals surface area contributed by atoms with Crippen molar-refractivity contribution in [1.29, 1.82) is 0 Å². The Bertz CT molecular complexity index is 620. The van der Waals surface area contributed by atoms with E-state index in [4.69, 9.17) is 15.0 Å². The van der Waals surface area contributed by atoms with Gasteiger partial charge in [-0.2, -0.15) is 0 Å². The SMILES string of the molecule is COc1ccc(N(C)Cc2cc(C)c(C(=O)NN)o2)cc1. The van der Waals surface area contributed by atoms with Crippen LogP contribution in [0.4, 0.5) is 5.69 Å². The molecule has 0 aliphatic rings. The second-order valence-electron chi connectivity index (χ2n) is 4.75. The fraction of sp³-hybridized carbons (Fsp3) is 0.267. The van der Waals surface area contributed by atoms with Crippen molar-refractivity contribution in [2.24, 2.45) is 5.84 Å². The van der Waals surface area contributed by atoms with E-state index < -0.39 is 5.91 Å². The summed E-state index contributed by atoms with van der Waals surface area (Å²) in [6.45, 7) is 2.36. The van der Waals surface area contributed by atoms with Crippen LogP contribution in [-0.2, 0) is 6.54 Å². The number of methoxy groups -OCH3 is 1. The number of nitrogens with zero attached hydrogens (tertiary/aromatic N) is 1. The number of furan rings is 1.